The first-order valence-electron chi connectivity index (χ1n) is 7.96. The van der Waals surface area contributed by atoms with Crippen molar-refractivity contribution in [2.24, 2.45) is 0 Å². The number of rotatable bonds is 7. The second-order valence-corrected chi connectivity index (χ2v) is 6.15. The second kappa shape index (κ2) is 8.20. The molecule has 1 aliphatic heterocycles. The summed E-state index contributed by atoms with van der Waals surface area (Å²) in [6, 6.07) is 8.89. The minimum Gasteiger partial charge on any atom is -0.492 e. The maximum absolute atomic E-state index is 5.90. The van der Waals surface area contributed by atoms with Crippen molar-refractivity contribution in [2.75, 3.05) is 26.2 Å². The van der Waals surface area contributed by atoms with Gasteiger partial charge in [-0.1, -0.05) is 37.6 Å². The van der Waals surface area contributed by atoms with Crippen molar-refractivity contribution < 1.29 is 4.74 Å². The lowest BCUT2D eigenvalue weighted by atomic mass is 10.1. The van der Waals surface area contributed by atoms with Gasteiger partial charge in [0.2, 0.25) is 0 Å². The molecule has 0 amide bonds. The molecule has 0 unspecified atom stereocenters. The van der Waals surface area contributed by atoms with Crippen LogP contribution in [0.2, 0.25) is 0 Å². The maximum Gasteiger partial charge on any atom is 0.119 e. The normalized spacial score (nSPS) is 16.1. The SMILES string of the molecule is CC1=CCCN(CCOc2cccc(CNC(C)C)c2)C1. The van der Waals surface area contributed by atoms with Crippen molar-refractivity contribution in [1.82, 2.24) is 10.2 Å². The van der Waals surface area contributed by atoms with Crippen LogP contribution in [0.4, 0.5) is 0 Å². The molecule has 21 heavy (non-hydrogen) atoms. The highest BCUT2D eigenvalue weighted by Crippen LogP contribution is 2.14. The summed E-state index contributed by atoms with van der Waals surface area (Å²) >= 11 is 0. The van der Waals surface area contributed by atoms with Gasteiger partial charge >= 0.3 is 0 Å². The van der Waals surface area contributed by atoms with Crippen LogP contribution in [0.15, 0.2) is 35.9 Å². The van der Waals surface area contributed by atoms with Crippen molar-refractivity contribution >= 4 is 0 Å². The average Bonchev–Trinajstić information content (AvgIpc) is 2.46. The van der Waals surface area contributed by atoms with Gasteiger partial charge in [0.05, 0.1) is 0 Å². The molecule has 3 nitrogen and oxygen atoms in total. The van der Waals surface area contributed by atoms with E-state index in [0.29, 0.717) is 6.04 Å². The predicted octanol–water partition coefficient (Wildman–Crippen LogP) is 3.22. The van der Waals surface area contributed by atoms with Gasteiger partial charge in [-0.25, -0.2) is 0 Å². The molecule has 3 heteroatoms. The lowest BCUT2D eigenvalue weighted by Gasteiger charge is -2.25. The van der Waals surface area contributed by atoms with Crippen LogP contribution in [-0.2, 0) is 6.54 Å². The molecule has 0 saturated heterocycles. The van der Waals surface area contributed by atoms with E-state index >= 15 is 0 Å². The van der Waals surface area contributed by atoms with E-state index in [0.717, 1.165) is 38.5 Å². The summed E-state index contributed by atoms with van der Waals surface area (Å²) in [5, 5.41) is 3.43. The summed E-state index contributed by atoms with van der Waals surface area (Å²) in [5.74, 6) is 0.974. The largest absolute Gasteiger partial charge is 0.492 e. The topological polar surface area (TPSA) is 24.5 Å². The van der Waals surface area contributed by atoms with Gasteiger partial charge in [-0.2, -0.15) is 0 Å². The quantitative estimate of drug-likeness (QED) is 0.780. The molecule has 1 aliphatic rings. The molecule has 1 aromatic carbocycles. The first-order chi connectivity index (χ1) is 10.1. The van der Waals surface area contributed by atoms with Crippen LogP contribution in [-0.4, -0.2) is 37.2 Å². The molecule has 116 valence electrons. The summed E-state index contributed by atoms with van der Waals surface area (Å²) < 4.78 is 5.90. The van der Waals surface area contributed by atoms with Crippen LogP contribution in [0.5, 0.6) is 5.75 Å². The second-order valence-electron chi connectivity index (χ2n) is 6.15. The molecule has 0 aromatic heterocycles. The van der Waals surface area contributed by atoms with Gasteiger partial charge in [0.25, 0.3) is 0 Å². The van der Waals surface area contributed by atoms with E-state index in [9.17, 15) is 0 Å². The third kappa shape index (κ3) is 5.90. The zero-order chi connectivity index (χ0) is 15.1. The van der Waals surface area contributed by atoms with Crippen molar-refractivity contribution in [2.45, 2.75) is 39.8 Å². The highest BCUT2D eigenvalue weighted by Gasteiger charge is 2.09. The molecule has 2 rings (SSSR count). The number of hydrogen-bond acceptors (Lipinski definition) is 3. The summed E-state index contributed by atoms with van der Waals surface area (Å²) in [6.45, 7) is 11.4. The van der Waals surface area contributed by atoms with Gasteiger partial charge in [0.15, 0.2) is 0 Å². The Bertz CT molecular complexity index is 468. The Kier molecular flexibility index (Phi) is 6.27. The fourth-order valence-electron chi connectivity index (χ4n) is 2.54. The number of benzene rings is 1. The molecular formula is C18H28N2O. The van der Waals surface area contributed by atoms with Crippen LogP contribution in [0.3, 0.4) is 0 Å². The van der Waals surface area contributed by atoms with Crippen molar-refractivity contribution in [3.63, 3.8) is 0 Å². The van der Waals surface area contributed by atoms with E-state index < -0.39 is 0 Å². The Morgan fingerprint density at radius 2 is 2.19 bits per heavy atom. The molecule has 0 bridgehead atoms. The Morgan fingerprint density at radius 3 is 2.95 bits per heavy atom. The maximum atomic E-state index is 5.90. The molecule has 1 heterocycles. The summed E-state index contributed by atoms with van der Waals surface area (Å²) in [5.41, 5.74) is 2.75. The van der Waals surface area contributed by atoms with Gasteiger partial charge in [-0.3, -0.25) is 4.90 Å². The lowest BCUT2D eigenvalue weighted by molar-refractivity contribution is 0.217. The van der Waals surface area contributed by atoms with Crippen LogP contribution in [0.1, 0.15) is 32.8 Å². The zero-order valence-electron chi connectivity index (χ0n) is 13.6. The molecule has 0 atom stereocenters. The fraction of sp³-hybridized carbons (Fsp3) is 0.556. The van der Waals surface area contributed by atoms with Gasteiger partial charge in [0.1, 0.15) is 12.4 Å². The monoisotopic (exact) mass is 288 g/mol. The Hall–Kier alpha value is -1.32. The smallest absolute Gasteiger partial charge is 0.119 e. The number of nitrogens with zero attached hydrogens (tertiary/aromatic N) is 1. The molecular weight excluding hydrogens is 260 g/mol. The van der Waals surface area contributed by atoms with E-state index in [2.05, 4.69) is 55.3 Å². The average molecular weight is 288 g/mol. The molecule has 1 N–H and O–H groups in total. The summed E-state index contributed by atoms with van der Waals surface area (Å²) in [4.78, 5) is 2.46. The van der Waals surface area contributed by atoms with E-state index in [1.807, 2.05) is 6.07 Å². The van der Waals surface area contributed by atoms with Gasteiger partial charge in [-0.05, 0) is 31.0 Å². The van der Waals surface area contributed by atoms with Crippen molar-refractivity contribution in [3.05, 3.63) is 41.5 Å². The van der Waals surface area contributed by atoms with Gasteiger partial charge < -0.3 is 10.1 Å². The molecule has 0 fully saturated rings. The minimum atomic E-state index is 0.505. The number of ether oxygens (including phenoxy) is 1. The molecule has 0 aliphatic carbocycles. The third-order valence-corrected chi connectivity index (χ3v) is 3.70. The van der Waals surface area contributed by atoms with Crippen LogP contribution in [0, 0.1) is 0 Å². The standard InChI is InChI=1S/C18H28N2O/c1-15(2)19-13-17-7-4-8-18(12-17)21-11-10-20-9-5-6-16(3)14-20/h4,6-8,12,15,19H,5,9-11,13-14H2,1-3H3. The lowest BCUT2D eigenvalue weighted by Crippen LogP contribution is -2.33. The van der Waals surface area contributed by atoms with Crippen LogP contribution < -0.4 is 10.1 Å². The van der Waals surface area contributed by atoms with E-state index in [1.54, 1.807) is 0 Å². The Balaban J connectivity index is 1.75. The van der Waals surface area contributed by atoms with Gasteiger partial charge in [0, 0.05) is 32.2 Å². The first-order valence-corrected chi connectivity index (χ1v) is 7.96. The van der Waals surface area contributed by atoms with Gasteiger partial charge in [-0.15, -0.1) is 0 Å². The fourth-order valence-corrected chi connectivity index (χ4v) is 2.54. The van der Waals surface area contributed by atoms with Crippen LogP contribution >= 0.6 is 0 Å². The van der Waals surface area contributed by atoms with E-state index in [-0.39, 0.29) is 0 Å². The summed E-state index contributed by atoms with van der Waals surface area (Å²) in [7, 11) is 0. The highest BCUT2D eigenvalue weighted by molar-refractivity contribution is 5.28. The number of hydrogen-bond donors (Lipinski definition) is 1. The van der Waals surface area contributed by atoms with E-state index in [1.165, 1.54) is 17.6 Å². The van der Waals surface area contributed by atoms with Crippen LogP contribution in [0.25, 0.3) is 0 Å². The first kappa shape index (κ1) is 16.1. The Labute approximate surface area is 129 Å². The van der Waals surface area contributed by atoms with E-state index in [4.69, 9.17) is 4.74 Å². The van der Waals surface area contributed by atoms with Crippen molar-refractivity contribution in [1.29, 1.82) is 0 Å². The van der Waals surface area contributed by atoms with Crippen molar-refractivity contribution in [3.8, 4) is 5.75 Å². The highest BCUT2D eigenvalue weighted by atomic mass is 16.5. The minimum absolute atomic E-state index is 0.505. The molecule has 0 saturated carbocycles. The molecule has 0 radical (unpaired) electrons. The zero-order valence-corrected chi connectivity index (χ0v) is 13.6. The Morgan fingerprint density at radius 1 is 1.33 bits per heavy atom. The predicted molar refractivity (Wildman–Crippen MR) is 88.7 cm³/mol. The third-order valence-electron chi connectivity index (χ3n) is 3.70. The number of nitrogens with one attached hydrogen (secondary N) is 1. The molecule has 0 spiro atoms. The molecule has 1 aromatic rings. The summed E-state index contributed by atoms with van der Waals surface area (Å²) in [6.07, 6.45) is 3.50.